The summed E-state index contributed by atoms with van der Waals surface area (Å²) in [4.78, 5) is 0. The largest absolute Gasteiger partial charge is 0.378 e. The molecule has 0 radical (unpaired) electrons. The molecule has 0 heterocycles. The van der Waals surface area contributed by atoms with Crippen molar-refractivity contribution >= 4 is 0 Å². The molecule has 4 aliphatic carbocycles. The summed E-state index contributed by atoms with van der Waals surface area (Å²) < 4.78 is 6.08. The zero-order valence-corrected chi connectivity index (χ0v) is 13.0. The third kappa shape index (κ3) is 3.17. The molecule has 4 aliphatic rings. The van der Waals surface area contributed by atoms with E-state index in [1.165, 1.54) is 44.9 Å². The fourth-order valence-corrected chi connectivity index (χ4v) is 5.65. The van der Waals surface area contributed by atoms with Crippen molar-refractivity contribution in [1.29, 1.82) is 0 Å². The molecule has 4 rings (SSSR count). The summed E-state index contributed by atoms with van der Waals surface area (Å²) in [6.07, 6.45) is 15.0. The van der Waals surface area contributed by atoms with Crippen LogP contribution in [-0.2, 0) is 4.74 Å². The van der Waals surface area contributed by atoms with Gasteiger partial charge >= 0.3 is 0 Å². The van der Waals surface area contributed by atoms with Crippen molar-refractivity contribution in [3.05, 3.63) is 0 Å². The summed E-state index contributed by atoms with van der Waals surface area (Å²) in [5.74, 6) is 3.26. The highest BCUT2D eigenvalue weighted by molar-refractivity contribution is 5.01. The van der Waals surface area contributed by atoms with Crippen LogP contribution in [0.25, 0.3) is 0 Å². The molecule has 4 fully saturated rings. The Morgan fingerprint density at radius 3 is 2.16 bits per heavy atom. The Morgan fingerprint density at radius 1 is 1.05 bits per heavy atom. The van der Waals surface area contributed by atoms with Crippen molar-refractivity contribution in [2.75, 3.05) is 6.61 Å². The molecule has 1 heteroatoms. The van der Waals surface area contributed by atoms with Crippen LogP contribution in [0.2, 0.25) is 0 Å². The van der Waals surface area contributed by atoms with Gasteiger partial charge in [-0.25, -0.2) is 0 Å². The summed E-state index contributed by atoms with van der Waals surface area (Å²) in [6.45, 7) is 5.55. The lowest BCUT2D eigenvalue weighted by molar-refractivity contribution is -0.0745. The number of hydrogen-bond acceptors (Lipinski definition) is 1. The standard InChI is InChI=1S/C18H32O/c1-3-4-5-14(2)19-7-6-18-11-15-8-16(12-18)10-17(9-15)13-18/h14-17H,3-13H2,1-2H3. The Morgan fingerprint density at radius 2 is 1.63 bits per heavy atom. The minimum atomic E-state index is 0.480. The molecule has 0 spiro atoms. The maximum atomic E-state index is 6.08. The lowest BCUT2D eigenvalue weighted by Gasteiger charge is -2.57. The highest BCUT2D eigenvalue weighted by Crippen LogP contribution is 2.61. The Balaban J connectivity index is 1.45. The first-order valence-corrected chi connectivity index (χ1v) is 8.81. The SMILES string of the molecule is CCCCC(C)OCCC12CC3CC(CC(C3)C1)C2. The Bertz CT molecular complexity index is 261. The first kappa shape index (κ1) is 13.9. The number of hydrogen-bond donors (Lipinski definition) is 0. The lowest BCUT2D eigenvalue weighted by atomic mass is 9.49. The molecule has 1 nitrogen and oxygen atoms in total. The van der Waals surface area contributed by atoms with Crippen molar-refractivity contribution in [2.24, 2.45) is 23.2 Å². The van der Waals surface area contributed by atoms with Crippen LogP contribution in [0.3, 0.4) is 0 Å². The highest BCUT2D eigenvalue weighted by atomic mass is 16.5. The van der Waals surface area contributed by atoms with Gasteiger partial charge in [-0.2, -0.15) is 0 Å². The number of ether oxygens (including phenoxy) is 1. The quantitative estimate of drug-likeness (QED) is 0.615. The van der Waals surface area contributed by atoms with E-state index in [9.17, 15) is 0 Å². The first-order chi connectivity index (χ1) is 9.19. The molecule has 1 atom stereocenters. The normalized spacial score (nSPS) is 41.7. The minimum absolute atomic E-state index is 0.480. The van der Waals surface area contributed by atoms with Crippen LogP contribution < -0.4 is 0 Å². The average molecular weight is 264 g/mol. The van der Waals surface area contributed by atoms with E-state index in [0.717, 1.165) is 24.4 Å². The highest BCUT2D eigenvalue weighted by Gasteiger charge is 2.50. The van der Waals surface area contributed by atoms with Crippen molar-refractivity contribution in [1.82, 2.24) is 0 Å². The smallest absolute Gasteiger partial charge is 0.0547 e. The van der Waals surface area contributed by atoms with Crippen molar-refractivity contribution in [3.63, 3.8) is 0 Å². The van der Waals surface area contributed by atoms with E-state index in [4.69, 9.17) is 4.74 Å². The van der Waals surface area contributed by atoms with E-state index in [1.807, 2.05) is 0 Å². The van der Waals surface area contributed by atoms with Gasteiger partial charge in [0.25, 0.3) is 0 Å². The van der Waals surface area contributed by atoms with Gasteiger partial charge < -0.3 is 4.74 Å². The second-order valence-electron chi connectivity index (χ2n) is 7.99. The van der Waals surface area contributed by atoms with E-state index in [1.54, 1.807) is 19.3 Å². The molecule has 0 aromatic carbocycles. The molecule has 0 aliphatic heterocycles. The van der Waals surface area contributed by atoms with E-state index < -0.39 is 0 Å². The molecule has 0 amide bonds. The lowest BCUT2D eigenvalue weighted by Crippen LogP contribution is -2.46. The third-order valence-corrected chi connectivity index (χ3v) is 6.16. The summed E-state index contributed by atoms with van der Waals surface area (Å²) >= 11 is 0. The van der Waals surface area contributed by atoms with Gasteiger partial charge in [-0.05, 0) is 81.5 Å². The van der Waals surface area contributed by atoms with Crippen LogP contribution in [-0.4, -0.2) is 12.7 Å². The van der Waals surface area contributed by atoms with Crippen molar-refractivity contribution < 1.29 is 4.74 Å². The first-order valence-electron chi connectivity index (χ1n) is 8.81. The molecule has 19 heavy (non-hydrogen) atoms. The monoisotopic (exact) mass is 264 g/mol. The van der Waals surface area contributed by atoms with Crippen LogP contribution in [0, 0.1) is 23.2 Å². The third-order valence-electron chi connectivity index (χ3n) is 6.16. The average Bonchev–Trinajstić information content (AvgIpc) is 2.34. The molecule has 110 valence electrons. The van der Waals surface area contributed by atoms with E-state index >= 15 is 0 Å². The predicted octanol–water partition coefficient (Wildman–Crippen LogP) is 5.19. The summed E-state index contributed by atoms with van der Waals surface area (Å²) in [5.41, 5.74) is 0.708. The van der Waals surface area contributed by atoms with Crippen LogP contribution in [0.1, 0.15) is 78.1 Å². The van der Waals surface area contributed by atoms with Gasteiger partial charge in [0.15, 0.2) is 0 Å². The maximum Gasteiger partial charge on any atom is 0.0547 e. The zero-order valence-electron chi connectivity index (χ0n) is 13.0. The Kier molecular flexibility index (Phi) is 4.22. The van der Waals surface area contributed by atoms with Crippen molar-refractivity contribution in [3.8, 4) is 0 Å². The molecule has 4 saturated carbocycles. The fourth-order valence-electron chi connectivity index (χ4n) is 5.65. The van der Waals surface area contributed by atoms with Gasteiger partial charge in [-0.3, -0.25) is 0 Å². The van der Waals surface area contributed by atoms with E-state index in [2.05, 4.69) is 13.8 Å². The molecule has 1 unspecified atom stereocenters. The van der Waals surface area contributed by atoms with Crippen LogP contribution >= 0.6 is 0 Å². The molecular formula is C18H32O. The second kappa shape index (κ2) is 5.76. The molecule has 0 aromatic rings. The number of rotatable bonds is 7. The van der Waals surface area contributed by atoms with Crippen LogP contribution in [0.5, 0.6) is 0 Å². The van der Waals surface area contributed by atoms with Gasteiger partial charge in [0.05, 0.1) is 6.10 Å². The van der Waals surface area contributed by atoms with Gasteiger partial charge in [-0.1, -0.05) is 19.8 Å². The topological polar surface area (TPSA) is 9.23 Å². The van der Waals surface area contributed by atoms with Crippen LogP contribution in [0.15, 0.2) is 0 Å². The fraction of sp³-hybridized carbons (Fsp3) is 1.00. The molecule has 0 aromatic heterocycles. The second-order valence-corrected chi connectivity index (χ2v) is 7.99. The van der Waals surface area contributed by atoms with Crippen molar-refractivity contribution in [2.45, 2.75) is 84.2 Å². The summed E-state index contributed by atoms with van der Waals surface area (Å²) in [5, 5.41) is 0. The van der Waals surface area contributed by atoms with Gasteiger partial charge in [0.1, 0.15) is 0 Å². The van der Waals surface area contributed by atoms with Crippen LogP contribution in [0.4, 0.5) is 0 Å². The van der Waals surface area contributed by atoms with Gasteiger partial charge in [-0.15, -0.1) is 0 Å². The molecule has 4 bridgehead atoms. The Labute approximate surface area is 119 Å². The summed E-state index contributed by atoms with van der Waals surface area (Å²) in [7, 11) is 0. The zero-order chi connectivity index (χ0) is 13.3. The van der Waals surface area contributed by atoms with E-state index in [0.29, 0.717) is 11.5 Å². The maximum absolute atomic E-state index is 6.08. The molecular weight excluding hydrogens is 232 g/mol. The Hall–Kier alpha value is -0.0400. The molecule has 0 N–H and O–H groups in total. The van der Waals surface area contributed by atoms with E-state index in [-0.39, 0.29) is 0 Å². The molecule has 0 saturated heterocycles. The summed E-state index contributed by atoms with van der Waals surface area (Å²) in [6, 6.07) is 0. The minimum Gasteiger partial charge on any atom is -0.378 e. The van der Waals surface area contributed by atoms with Gasteiger partial charge in [0.2, 0.25) is 0 Å². The van der Waals surface area contributed by atoms with Gasteiger partial charge in [0, 0.05) is 6.61 Å². The number of unbranched alkanes of at least 4 members (excludes halogenated alkanes) is 1. The predicted molar refractivity (Wildman–Crippen MR) is 80.2 cm³/mol.